The van der Waals surface area contributed by atoms with Crippen LogP contribution < -0.4 is 16.4 Å². The molecule has 0 unspecified atom stereocenters. The Balaban J connectivity index is 1.26. The Kier molecular flexibility index (Phi) is 9.52. The minimum absolute atomic E-state index is 0.0204. The molecule has 80 heavy (non-hydrogen) atoms. The van der Waals surface area contributed by atoms with Crippen molar-refractivity contribution in [3.05, 3.63) is 195 Å². The first-order valence-electron chi connectivity index (χ1n) is 29.8. The van der Waals surface area contributed by atoms with E-state index in [9.17, 15) is 0 Å². The van der Waals surface area contributed by atoms with Crippen molar-refractivity contribution in [3.8, 4) is 33.6 Å². The molecule has 0 saturated carbocycles. The van der Waals surface area contributed by atoms with E-state index in [0.29, 0.717) is 0 Å². The van der Waals surface area contributed by atoms with Gasteiger partial charge in [-0.2, -0.15) is 0 Å². The van der Waals surface area contributed by atoms with Gasteiger partial charge in [-0.05, 0) is 168 Å². The highest BCUT2D eigenvalue weighted by molar-refractivity contribution is 7.00. The normalized spacial score (nSPS) is 15.2. The Morgan fingerprint density at radius 2 is 0.787 bits per heavy atom. The summed E-state index contributed by atoms with van der Waals surface area (Å²) in [7, 11) is 0. The van der Waals surface area contributed by atoms with Gasteiger partial charge in [-0.25, -0.2) is 0 Å². The number of benzene rings is 9. The van der Waals surface area contributed by atoms with E-state index in [1.165, 1.54) is 160 Å². The van der Waals surface area contributed by atoms with Crippen molar-refractivity contribution in [2.75, 3.05) is 0 Å². The fourth-order valence-corrected chi connectivity index (χ4v) is 15.5. The molecule has 0 atom stereocenters. The summed E-state index contributed by atoms with van der Waals surface area (Å²) in [6.45, 7) is 43.1. The minimum atomic E-state index is -0.644. The summed E-state index contributed by atoms with van der Waals surface area (Å²) < 4.78 is 5.61. The number of rotatable bonds is 1. The Labute approximate surface area is 475 Å². The molecule has 9 aromatic carbocycles. The van der Waals surface area contributed by atoms with E-state index in [0.717, 1.165) is 0 Å². The van der Waals surface area contributed by atoms with Gasteiger partial charge >= 0.3 is 0 Å². The van der Waals surface area contributed by atoms with Crippen LogP contribution in [0.2, 0.25) is 0 Å². The first-order valence-corrected chi connectivity index (χ1v) is 29.8. The second kappa shape index (κ2) is 15.3. The molecular formula is C77H77BN2. The molecule has 3 aliphatic heterocycles. The van der Waals surface area contributed by atoms with Gasteiger partial charge in [0.1, 0.15) is 0 Å². The molecule has 0 amide bonds. The third kappa shape index (κ3) is 6.33. The zero-order valence-electron chi connectivity index (χ0n) is 50.8. The number of hydrogen-bond donors (Lipinski definition) is 0. The van der Waals surface area contributed by atoms with Crippen LogP contribution in [0.3, 0.4) is 0 Å². The fraction of sp³-hybridized carbons (Fsp3) is 0.325. The highest BCUT2D eigenvalue weighted by Gasteiger charge is 2.55. The lowest BCUT2D eigenvalue weighted by Crippen LogP contribution is -2.61. The van der Waals surface area contributed by atoms with Crippen LogP contribution >= 0.6 is 0 Å². The van der Waals surface area contributed by atoms with Gasteiger partial charge in [0.25, 0.3) is 6.71 Å². The third-order valence-electron chi connectivity index (χ3n) is 19.7. The monoisotopic (exact) mass is 1040 g/mol. The van der Waals surface area contributed by atoms with Crippen LogP contribution in [0, 0.1) is 0 Å². The molecule has 5 heterocycles. The van der Waals surface area contributed by atoms with Crippen LogP contribution in [0.1, 0.15) is 180 Å². The molecule has 1 spiro atoms. The molecule has 0 fully saturated rings. The maximum atomic E-state index is 2.83. The van der Waals surface area contributed by atoms with Crippen molar-refractivity contribution in [1.82, 2.24) is 9.13 Å². The molecule has 0 bridgehead atoms. The molecule has 2 nitrogen and oxygen atoms in total. The minimum Gasteiger partial charge on any atom is -0.310 e. The molecule has 4 aliphatic rings. The van der Waals surface area contributed by atoms with E-state index in [1.54, 1.807) is 0 Å². The van der Waals surface area contributed by atoms with Gasteiger partial charge in [0.15, 0.2) is 0 Å². The van der Waals surface area contributed by atoms with Gasteiger partial charge in [0.2, 0.25) is 0 Å². The van der Waals surface area contributed by atoms with Crippen LogP contribution in [0.25, 0.3) is 88.0 Å². The Morgan fingerprint density at radius 1 is 0.312 bits per heavy atom. The average Bonchev–Trinajstić information content (AvgIpc) is 2.59. The van der Waals surface area contributed by atoms with Gasteiger partial charge in [0, 0.05) is 43.8 Å². The van der Waals surface area contributed by atoms with E-state index >= 15 is 0 Å². The van der Waals surface area contributed by atoms with E-state index in [1.807, 2.05) is 0 Å². The first kappa shape index (κ1) is 49.9. The highest BCUT2D eigenvalue weighted by Crippen LogP contribution is 2.63. The Bertz CT molecular complexity index is 4590. The van der Waals surface area contributed by atoms with Crippen LogP contribution in [-0.2, 0) is 37.9 Å². The second-order valence-electron chi connectivity index (χ2n) is 31.0. The predicted octanol–water partition coefficient (Wildman–Crippen LogP) is 18.3. The number of nitrogens with zero attached hydrogens (tertiary/aromatic N) is 2. The lowest BCUT2D eigenvalue weighted by Gasteiger charge is -2.45. The summed E-state index contributed by atoms with van der Waals surface area (Å²) >= 11 is 0. The van der Waals surface area contributed by atoms with Gasteiger partial charge in [0.05, 0.1) is 22.1 Å². The van der Waals surface area contributed by atoms with Gasteiger partial charge < -0.3 is 9.13 Å². The van der Waals surface area contributed by atoms with Gasteiger partial charge in [-0.1, -0.05) is 228 Å². The molecule has 398 valence electrons. The zero-order valence-corrected chi connectivity index (χ0v) is 50.8. The van der Waals surface area contributed by atoms with Crippen LogP contribution in [-0.4, -0.2) is 15.8 Å². The molecule has 0 N–H and O–H groups in total. The summed E-state index contributed by atoms with van der Waals surface area (Å²) in [6.07, 6.45) is 0. The maximum Gasteiger partial charge on any atom is 0.252 e. The van der Waals surface area contributed by atoms with Crippen molar-refractivity contribution in [2.45, 2.75) is 163 Å². The zero-order chi connectivity index (χ0) is 56.2. The maximum absolute atomic E-state index is 2.83. The van der Waals surface area contributed by atoms with E-state index in [4.69, 9.17) is 0 Å². The first-order chi connectivity index (χ1) is 37.5. The van der Waals surface area contributed by atoms with E-state index in [-0.39, 0.29) is 39.2 Å². The summed E-state index contributed by atoms with van der Waals surface area (Å²) in [4.78, 5) is 0. The highest BCUT2D eigenvalue weighted by atomic mass is 15.1. The lowest BCUT2D eigenvalue weighted by atomic mass is 9.33. The van der Waals surface area contributed by atoms with E-state index < -0.39 is 5.41 Å². The van der Waals surface area contributed by atoms with Gasteiger partial charge in [-0.15, -0.1) is 0 Å². The molecule has 1 aliphatic carbocycles. The summed E-state index contributed by atoms with van der Waals surface area (Å²) in [6, 6.07) is 57.4. The predicted molar refractivity (Wildman–Crippen MR) is 346 cm³/mol. The molecule has 15 rings (SSSR count). The SMILES string of the molecule is CC(C)(C)c1ccc2c(-c3cc4c5c6c3-n3c7ccc(C(C)(C)C)cc7c7cc(C(C)(C)C)cc(c73)B6c3cc(C(C)(C)C)cc6c7cc(C(C)(C)C)cc(c7n-5c36)C43c4ccccc4-c4ccccc43)ccc(C(C)(C)C)c2c1. The third-order valence-corrected chi connectivity index (χ3v) is 19.7. The van der Waals surface area contributed by atoms with Crippen LogP contribution in [0.15, 0.2) is 140 Å². The molecule has 2 aromatic heterocycles. The summed E-state index contributed by atoms with van der Waals surface area (Å²) in [5, 5.41) is 8.09. The summed E-state index contributed by atoms with van der Waals surface area (Å²) in [5.74, 6) is 0. The Morgan fingerprint density at radius 3 is 1.34 bits per heavy atom. The molecule has 0 radical (unpaired) electrons. The quantitative estimate of drug-likeness (QED) is 0.145. The second-order valence-corrected chi connectivity index (χ2v) is 31.0. The van der Waals surface area contributed by atoms with Crippen LogP contribution in [0.4, 0.5) is 0 Å². The van der Waals surface area contributed by atoms with Crippen molar-refractivity contribution < 1.29 is 0 Å². The molecule has 0 saturated heterocycles. The van der Waals surface area contributed by atoms with Crippen molar-refractivity contribution in [2.24, 2.45) is 0 Å². The number of aromatic nitrogens is 2. The number of fused-ring (bicyclic) bond motifs is 15. The lowest BCUT2D eigenvalue weighted by molar-refractivity contribution is 0.587. The molecule has 11 aromatic rings. The molecular weight excluding hydrogens is 964 g/mol. The fourth-order valence-electron chi connectivity index (χ4n) is 15.5. The van der Waals surface area contributed by atoms with Gasteiger partial charge in [-0.3, -0.25) is 0 Å². The Hall–Kier alpha value is -7.10. The topological polar surface area (TPSA) is 9.86 Å². The summed E-state index contributed by atoms with van der Waals surface area (Å²) in [5.41, 5.74) is 30.2. The van der Waals surface area contributed by atoms with Crippen LogP contribution in [0.5, 0.6) is 0 Å². The largest absolute Gasteiger partial charge is 0.310 e. The van der Waals surface area contributed by atoms with Crippen molar-refractivity contribution in [3.63, 3.8) is 0 Å². The van der Waals surface area contributed by atoms with Crippen molar-refractivity contribution >= 4 is 77.5 Å². The molecule has 3 heteroatoms. The standard InChI is InChI=1S/C77H77BN2/c1-71(2,3)42-27-29-47-48(30-31-57(51(47)33-42)76(16,17)18)56-41-61-70-65-69(56)79-64-32-28-43(72(4,5)6)34-52(64)53-36-45(74(10,11)12)39-62(67(53)79)78(65)63-40-46(75(13,14)15)37-55-54-35-44(73(7,8)9)38-60(66(54)80(70)68(55)63)77(61)58-25-21-19-23-49(58)50-24-20-22-26-59(50)77/h19-41H,1-18H3. The smallest absolute Gasteiger partial charge is 0.252 e. The number of hydrogen-bond acceptors (Lipinski definition) is 0. The average molecular weight is 1040 g/mol. The van der Waals surface area contributed by atoms with Crippen molar-refractivity contribution in [1.29, 1.82) is 0 Å². The van der Waals surface area contributed by atoms with E-state index in [2.05, 4.69) is 273 Å².